The van der Waals surface area contributed by atoms with E-state index in [4.69, 9.17) is 19.0 Å². The van der Waals surface area contributed by atoms with Crippen molar-refractivity contribution in [1.82, 2.24) is 14.5 Å². The summed E-state index contributed by atoms with van der Waals surface area (Å²) in [6, 6.07) is 8.02. The largest absolute Gasteiger partial charge is 0.466 e. The van der Waals surface area contributed by atoms with E-state index in [1.807, 2.05) is 41.1 Å². The number of hydrogen-bond acceptors (Lipinski definition) is 11. The molecule has 3 rings (SSSR count). The van der Waals surface area contributed by atoms with E-state index in [-0.39, 0.29) is 30.6 Å². The molecular weight excluding hydrogens is 566 g/mol. The number of ether oxygens (including phenoxy) is 3. The summed E-state index contributed by atoms with van der Waals surface area (Å²) >= 11 is 0. The number of esters is 3. The van der Waals surface area contributed by atoms with Gasteiger partial charge in [-0.05, 0) is 49.6 Å². The molecule has 2 heterocycles. The van der Waals surface area contributed by atoms with E-state index in [9.17, 15) is 14.4 Å². The molecule has 1 aliphatic heterocycles. The first-order valence-electron chi connectivity index (χ1n) is 14.6. The van der Waals surface area contributed by atoms with Crippen LogP contribution in [0.25, 0.3) is 0 Å². The van der Waals surface area contributed by atoms with E-state index in [2.05, 4.69) is 38.5 Å². The Morgan fingerprint density at radius 2 is 1.75 bits per heavy atom. The number of carbonyl (C=O) groups is 3. The molecule has 1 aromatic heterocycles. The zero-order valence-corrected chi connectivity index (χ0v) is 25.9. The second-order valence-electron chi connectivity index (χ2n) is 10.3. The Balaban J connectivity index is 1.52. The summed E-state index contributed by atoms with van der Waals surface area (Å²) in [6.45, 7) is 14.0. The van der Waals surface area contributed by atoms with Gasteiger partial charge in [0.15, 0.2) is 6.10 Å². The summed E-state index contributed by atoms with van der Waals surface area (Å²) in [5.41, 5.74) is 1.93. The topological polar surface area (TPSA) is 125 Å². The molecular formula is C32H41N5O7. The smallest absolute Gasteiger partial charge is 0.303 e. The number of aryl methyl sites for hydroxylation is 1. The molecule has 2 atom stereocenters. The third kappa shape index (κ3) is 11.6. The fourth-order valence-corrected chi connectivity index (χ4v) is 4.81. The number of hydrogen-bond donors (Lipinski definition) is 0. The molecule has 1 fully saturated rings. The van der Waals surface area contributed by atoms with Crippen LogP contribution in [0.5, 0.6) is 0 Å². The van der Waals surface area contributed by atoms with Gasteiger partial charge < -0.3 is 28.5 Å². The standard InChI is InChI=1S/C32H41N5O7/c1-24(42-26(3)39)32-34-15-17-37(32)16-6-7-30(44-33-5)13-10-28-8-11-29(12-9-28)36-20-18-35(19-21-36)23-31(43-27(4)40)14-22-41-25(2)38/h7-9,11-12,15,17,24,31H,5-6,14,16,18-23H2,1-4H3/b30-7-/t24-,31?/m0/s1. The summed E-state index contributed by atoms with van der Waals surface area (Å²) in [6.07, 6.45) is 5.61. The highest BCUT2D eigenvalue weighted by molar-refractivity contribution is 5.66. The third-order valence-corrected chi connectivity index (χ3v) is 6.79. The van der Waals surface area contributed by atoms with Gasteiger partial charge in [0.05, 0.1) is 6.61 Å². The normalized spacial score (nSPS) is 14.9. The number of nitrogens with zero attached hydrogens (tertiary/aromatic N) is 5. The third-order valence-electron chi connectivity index (χ3n) is 6.79. The van der Waals surface area contributed by atoms with E-state index in [1.54, 1.807) is 13.1 Å². The number of allylic oxidation sites excluding steroid dienone is 2. The van der Waals surface area contributed by atoms with Gasteiger partial charge >= 0.3 is 17.9 Å². The highest BCUT2D eigenvalue weighted by Gasteiger charge is 2.22. The van der Waals surface area contributed by atoms with E-state index in [0.717, 1.165) is 37.4 Å². The average Bonchev–Trinajstić information content (AvgIpc) is 3.44. The van der Waals surface area contributed by atoms with E-state index >= 15 is 0 Å². The van der Waals surface area contributed by atoms with Gasteiger partial charge in [-0.15, -0.1) is 0 Å². The summed E-state index contributed by atoms with van der Waals surface area (Å²) in [7, 11) is 0. The number of anilines is 1. The van der Waals surface area contributed by atoms with Crippen molar-refractivity contribution in [2.75, 3.05) is 44.2 Å². The fraction of sp³-hybridized carbons (Fsp3) is 0.469. The first-order chi connectivity index (χ1) is 21.1. The van der Waals surface area contributed by atoms with Gasteiger partial charge in [0, 0.05) is 96.8 Å². The highest BCUT2D eigenvalue weighted by Crippen LogP contribution is 2.19. The maximum Gasteiger partial charge on any atom is 0.303 e. The maximum absolute atomic E-state index is 11.5. The Labute approximate surface area is 258 Å². The van der Waals surface area contributed by atoms with Crippen molar-refractivity contribution in [3.05, 3.63) is 59.9 Å². The van der Waals surface area contributed by atoms with E-state index < -0.39 is 6.10 Å². The fourth-order valence-electron chi connectivity index (χ4n) is 4.81. The van der Waals surface area contributed by atoms with Gasteiger partial charge in [0.25, 0.3) is 0 Å². The molecule has 12 nitrogen and oxygen atoms in total. The van der Waals surface area contributed by atoms with Crippen molar-refractivity contribution in [1.29, 1.82) is 0 Å². The number of aromatic nitrogens is 2. The lowest BCUT2D eigenvalue weighted by atomic mass is 10.1. The molecule has 1 aromatic carbocycles. The molecule has 1 unspecified atom stereocenters. The van der Waals surface area contributed by atoms with Crippen LogP contribution in [0.2, 0.25) is 0 Å². The number of piperazine rings is 1. The first kappa shape index (κ1) is 33.9. The second kappa shape index (κ2) is 17.5. The SMILES string of the molecule is C=NO/C(C#Cc1ccc(N2CCN(CC(CCOC(C)=O)OC(C)=O)CC2)cc1)=C\CCn1ccnc1[C@H](C)OC(C)=O. The molecule has 0 radical (unpaired) electrons. The van der Waals surface area contributed by atoms with E-state index in [1.165, 1.54) is 20.8 Å². The molecule has 1 saturated heterocycles. The van der Waals surface area contributed by atoms with Gasteiger partial charge in [-0.2, -0.15) is 0 Å². The highest BCUT2D eigenvalue weighted by atomic mass is 16.6. The number of imidazole rings is 1. The number of benzene rings is 1. The van der Waals surface area contributed by atoms with E-state index in [0.29, 0.717) is 37.5 Å². The lowest BCUT2D eigenvalue weighted by Gasteiger charge is -2.37. The van der Waals surface area contributed by atoms with Crippen LogP contribution in [0.4, 0.5) is 5.69 Å². The molecule has 0 bridgehead atoms. The van der Waals surface area contributed by atoms with Crippen LogP contribution < -0.4 is 4.90 Å². The molecule has 0 N–H and O–H groups in total. The predicted molar refractivity (Wildman–Crippen MR) is 165 cm³/mol. The van der Waals surface area contributed by atoms with Gasteiger partial charge in [-0.25, -0.2) is 4.98 Å². The van der Waals surface area contributed by atoms with Crippen LogP contribution in [0.1, 0.15) is 58.0 Å². The molecule has 236 valence electrons. The maximum atomic E-state index is 11.5. The molecule has 2 aromatic rings. The summed E-state index contributed by atoms with van der Waals surface area (Å²) in [5.74, 6) is 6.13. The van der Waals surface area contributed by atoms with Crippen molar-refractivity contribution in [2.24, 2.45) is 5.16 Å². The Hall–Kier alpha value is -4.63. The lowest BCUT2D eigenvalue weighted by molar-refractivity contribution is -0.150. The predicted octanol–water partition coefficient (Wildman–Crippen LogP) is 3.47. The van der Waals surface area contributed by atoms with Gasteiger partial charge in [-0.1, -0.05) is 11.1 Å². The molecule has 1 aliphatic rings. The Morgan fingerprint density at radius 1 is 1.05 bits per heavy atom. The van der Waals surface area contributed by atoms with Crippen molar-refractivity contribution in [3.63, 3.8) is 0 Å². The number of rotatable bonds is 14. The van der Waals surface area contributed by atoms with Crippen LogP contribution >= 0.6 is 0 Å². The minimum Gasteiger partial charge on any atom is -0.466 e. The van der Waals surface area contributed by atoms with Crippen LogP contribution in [0.15, 0.2) is 53.7 Å². The number of oxime groups is 1. The van der Waals surface area contributed by atoms with Crippen LogP contribution in [0.3, 0.4) is 0 Å². The van der Waals surface area contributed by atoms with Crippen LogP contribution in [0, 0.1) is 11.8 Å². The Bertz CT molecular complexity index is 1350. The monoisotopic (exact) mass is 607 g/mol. The average molecular weight is 608 g/mol. The van der Waals surface area contributed by atoms with Gasteiger partial charge in [-0.3, -0.25) is 19.3 Å². The van der Waals surface area contributed by atoms with Gasteiger partial charge in [0.2, 0.25) is 5.76 Å². The molecule has 44 heavy (non-hydrogen) atoms. The zero-order chi connectivity index (χ0) is 31.9. The molecule has 0 saturated carbocycles. The summed E-state index contributed by atoms with van der Waals surface area (Å²) < 4.78 is 17.6. The van der Waals surface area contributed by atoms with Crippen LogP contribution in [-0.4, -0.2) is 84.5 Å². The number of carbonyl (C=O) groups excluding carboxylic acids is 3. The second-order valence-corrected chi connectivity index (χ2v) is 10.3. The van der Waals surface area contributed by atoms with Crippen molar-refractivity contribution < 1.29 is 33.4 Å². The molecule has 0 aliphatic carbocycles. The Kier molecular flexibility index (Phi) is 13.5. The van der Waals surface area contributed by atoms with Crippen LogP contribution in [-0.2, 0) is 40.0 Å². The Morgan fingerprint density at radius 3 is 2.39 bits per heavy atom. The van der Waals surface area contributed by atoms with Crippen molar-refractivity contribution in [2.45, 2.75) is 59.3 Å². The van der Waals surface area contributed by atoms with Gasteiger partial charge in [0.1, 0.15) is 11.9 Å². The molecule has 0 amide bonds. The quantitative estimate of drug-likeness (QED) is 0.0787. The summed E-state index contributed by atoms with van der Waals surface area (Å²) in [5, 5.41) is 3.52. The van der Waals surface area contributed by atoms with Crippen molar-refractivity contribution in [3.8, 4) is 11.8 Å². The molecule has 0 spiro atoms. The first-order valence-corrected chi connectivity index (χ1v) is 14.6. The summed E-state index contributed by atoms with van der Waals surface area (Å²) in [4.78, 5) is 48.0. The van der Waals surface area contributed by atoms with Crippen molar-refractivity contribution >= 4 is 30.3 Å². The minimum absolute atomic E-state index is 0.223. The zero-order valence-electron chi connectivity index (χ0n) is 25.9. The molecule has 12 heteroatoms. The lowest BCUT2D eigenvalue weighted by Crippen LogP contribution is -2.49. The minimum atomic E-state index is -0.451.